The normalized spacial score (nSPS) is 12.2. The molecule has 22 heavy (non-hydrogen) atoms. The molecule has 0 spiro atoms. The maximum atomic E-state index is 11.9. The Balaban J connectivity index is 2.58. The van der Waals surface area contributed by atoms with Gasteiger partial charge in [-0.25, -0.2) is 0 Å². The van der Waals surface area contributed by atoms with Crippen molar-refractivity contribution in [1.82, 2.24) is 5.32 Å². The first-order valence-electron chi connectivity index (χ1n) is 7.81. The molecule has 0 fully saturated rings. The standard InChI is InChI=1S/C18H27NO3/c1-5-6-7-8-14(2)19-18(20)12-10-15-9-11-16(21-3)13-17(15)22-4/h9-14H,5-8H2,1-4H3,(H,19,20)/b12-10+. The number of carbonyl (C=O) groups is 1. The van der Waals surface area contributed by atoms with Gasteiger partial charge in [0, 0.05) is 23.7 Å². The van der Waals surface area contributed by atoms with Crippen molar-refractivity contribution in [1.29, 1.82) is 0 Å². The molecule has 4 heteroatoms. The fourth-order valence-corrected chi connectivity index (χ4v) is 2.19. The average molecular weight is 305 g/mol. The molecule has 4 nitrogen and oxygen atoms in total. The molecule has 1 N–H and O–H groups in total. The molecule has 122 valence electrons. The smallest absolute Gasteiger partial charge is 0.244 e. The van der Waals surface area contributed by atoms with Crippen molar-refractivity contribution in [2.45, 2.75) is 45.6 Å². The molecular weight excluding hydrogens is 278 g/mol. The SMILES string of the molecule is CCCCCC(C)NC(=O)/C=C/c1ccc(OC)cc1OC. The molecule has 0 aliphatic carbocycles. The third-order valence-electron chi connectivity index (χ3n) is 3.48. The van der Waals surface area contributed by atoms with E-state index in [1.165, 1.54) is 12.8 Å². The molecule has 1 rings (SSSR count). The van der Waals surface area contributed by atoms with Gasteiger partial charge in [-0.05, 0) is 31.6 Å². The Hall–Kier alpha value is -1.97. The number of hydrogen-bond donors (Lipinski definition) is 1. The summed E-state index contributed by atoms with van der Waals surface area (Å²) in [5.41, 5.74) is 0.845. The first-order valence-corrected chi connectivity index (χ1v) is 7.81. The fourth-order valence-electron chi connectivity index (χ4n) is 2.19. The first kappa shape index (κ1) is 18.1. The summed E-state index contributed by atoms with van der Waals surface area (Å²) in [6.07, 6.45) is 7.86. The minimum atomic E-state index is -0.0816. The molecule has 0 radical (unpaired) electrons. The van der Waals surface area contributed by atoms with Gasteiger partial charge in [-0.2, -0.15) is 0 Å². The maximum absolute atomic E-state index is 11.9. The number of amides is 1. The summed E-state index contributed by atoms with van der Waals surface area (Å²) in [4.78, 5) is 11.9. The van der Waals surface area contributed by atoms with Gasteiger partial charge in [0.1, 0.15) is 11.5 Å². The number of methoxy groups -OCH3 is 2. The molecule has 0 saturated heterocycles. The van der Waals surface area contributed by atoms with Crippen molar-refractivity contribution in [2.24, 2.45) is 0 Å². The molecule has 0 aromatic heterocycles. The maximum Gasteiger partial charge on any atom is 0.244 e. The molecule has 0 aliphatic rings. The number of benzene rings is 1. The Morgan fingerprint density at radius 1 is 1.27 bits per heavy atom. The molecular formula is C18H27NO3. The topological polar surface area (TPSA) is 47.6 Å². The highest BCUT2D eigenvalue weighted by atomic mass is 16.5. The van der Waals surface area contributed by atoms with E-state index in [2.05, 4.69) is 12.2 Å². The van der Waals surface area contributed by atoms with Crippen LogP contribution >= 0.6 is 0 Å². The van der Waals surface area contributed by atoms with E-state index in [-0.39, 0.29) is 11.9 Å². The summed E-state index contributed by atoms with van der Waals surface area (Å²) in [6.45, 7) is 4.21. The Kier molecular flexibility index (Phi) is 8.11. The van der Waals surface area contributed by atoms with Crippen molar-refractivity contribution in [3.63, 3.8) is 0 Å². The summed E-state index contributed by atoms with van der Waals surface area (Å²) in [6, 6.07) is 5.70. The monoisotopic (exact) mass is 305 g/mol. The summed E-state index contributed by atoms with van der Waals surface area (Å²) < 4.78 is 10.5. The van der Waals surface area contributed by atoms with Gasteiger partial charge in [0.2, 0.25) is 5.91 Å². The molecule has 0 aliphatic heterocycles. The van der Waals surface area contributed by atoms with Crippen LogP contribution in [-0.4, -0.2) is 26.2 Å². The highest BCUT2D eigenvalue weighted by Gasteiger charge is 2.06. The molecule has 1 aromatic carbocycles. The Bertz CT molecular complexity index is 497. The van der Waals surface area contributed by atoms with Crippen LogP contribution in [0.5, 0.6) is 11.5 Å². The summed E-state index contributed by atoms with van der Waals surface area (Å²) in [5.74, 6) is 1.32. The zero-order valence-electron chi connectivity index (χ0n) is 14.0. The van der Waals surface area contributed by atoms with Crippen molar-refractivity contribution in [3.05, 3.63) is 29.8 Å². The van der Waals surface area contributed by atoms with E-state index in [1.54, 1.807) is 32.4 Å². The number of ether oxygens (including phenoxy) is 2. The molecule has 0 saturated carbocycles. The lowest BCUT2D eigenvalue weighted by molar-refractivity contribution is -0.117. The summed E-state index contributed by atoms with van der Waals surface area (Å²) >= 11 is 0. The molecule has 1 unspecified atom stereocenters. The first-order chi connectivity index (χ1) is 10.6. The quantitative estimate of drug-likeness (QED) is 0.557. The Morgan fingerprint density at radius 3 is 2.68 bits per heavy atom. The molecule has 1 atom stereocenters. The Labute approximate surface area is 133 Å². The minimum Gasteiger partial charge on any atom is -0.497 e. The minimum absolute atomic E-state index is 0.0816. The van der Waals surface area contributed by atoms with Crippen LogP contribution in [0, 0.1) is 0 Å². The lowest BCUT2D eigenvalue weighted by Crippen LogP contribution is -2.30. The van der Waals surface area contributed by atoms with Crippen LogP contribution in [0.2, 0.25) is 0 Å². The number of rotatable bonds is 9. The molecule has 0 heterocycles. The van der Waals surface area contributed by atoms with Gasteiger partial charge in [-0.1, -0.05) is 26.2 Å². The van der Waals surface area contributed by atoms with Crippen molar-refractivity contribution >= 4 is 12.0 Å². The second kappa shape index (κ2) is 9.87. The van der Waals surface area contributed by atoms with E-state index < -0.39 is 0 Å². The van der Waals surface area contributed by atoms with Crippen molar-refractivity contribution < 1.29 is 14.3 Å². The number of hydrogen-bond acceptors (Lipinski definition) is 3. The number of unbranched alkanes of at least 4 members (excludes halogenated alkanes) is 2. The highest BCUT2D eigenvalue weighted by Crippen LogP contribution is 2.25. The molecule has 1 amide bonds. The lowest BCUT2D eigenvalue weighted by Gasteiger charge is -2.12. The number of carbonyl (C=O) groups excluding carboxylic acids is 1. The lowest BCUT2D eigenvalue weighted by atomic mass is 10.1. The van der Waals surface area contributed by atoms with Crippen LogP contribution < -0.4 is 14.8 Å². The Morgan fingerprint density at radius 2 is 2.05 bits per heavy atom. The van der Waals surface area contributed by atoms with E-state index >= 15 is 0 Å². The molecule has 1 aromatic rings. The van der Waals surface area contributed by atoms with E-state index in [9.17, 15) is 4.79 Å². The predicted molar refractivity (Wildman–Crippen MR) is 90.3 cm³/mol. The van der Waals surface area contributed by atoms with E-state index in [4.69, 9.17) is 9.47 Å². The van der Waals surface area contributed by atoms with E-state index in [1.807, 2.05) is 19.1 Å². The van der Waals surface area contributed by atoms with Crippen LogP contribution in [0.3, 0.4) is 0 Å². The van der Waals surface area contributed by atoms with Gasteiger partial charge in [-0.15, -0.1) is 0 Å². The average Bonchev–Trinajstić information content (AvgIpc) is 2.52. The number of nitrogens with one attached hydrogen (secondary N) is 1. The predicted octanol–water partition coefficient (Wildman–Crippen LogP) is 3.80. The van der Waals surface area contributed by atoms with E-state index in [0.717, 1.165) is 24.2 Å². The largest absolute Gasteiger partial charge is 0.497 e. The van der Waals surface area contributed by atoms with Crippen LogP contribution in [0.25, 0.3) is 6.08 Å². The fraction of sp³-hybridized carbons (Fsp3) is 0.500. The third-order valence-corrected chi connectivity index (χ3v) is 3.48. The van der Waals surface area contributed by atoms with Crippen LogP contribution in [0.4, 0.5) is 0 Å². The van der Waals surface area contributed by atoms with Crippen molar-refractivity contribution in [3.8, 4) is 11.5 Å². The van der Waals surface area contributed by atoms with Gasteiger partial charge >= 0.3 is 0 Å². The van der Waals surface area contributed by atoms with Gasteiger partial charge in [0.05, 0.1) is 14.2 Å². The van der Waals surface area contributed by atoms with Crippen LogP contribution in [0.1, 0.15) is 45.1 Å². The van der Waals surface area contributed by atoms with Gasteiger partial charge in [-0.3, -0.25) is 4.79 Å². The van der Waals surface area contributed by atoms with Crippen LogP contribution in [0.15, 0.2) is 24.3 Å². The third kappa shape index (κ3) is 6.20. The molecule has 0 bridgehead atoms. The van der Waals surface area contributed by atoms with Crippen LogP contribution in [-0.2, 0) is 4.79 Å². The zero-order chi connectivity index (χ0) is 16.4. The summed E-state index contributed by atoms with van der Waals surface area (Å²) in [7, 11) is 3.21. The second-order valence-corrected chi connectivity index (χ2v) is 5.35. The second-order valence-electron chi connectivity index (χ2n) is 5.35. The highest BCUT2D eigenvalue weighted by molar-refractivity contribution is 5.92. The van der Waals surface area contributed by atoms with Crippen molar-refractivity contribution in [2.75, 3.05) is 14.2 Å². The van der Waals surface area contributed by atoms with Gasteiger partial charge < -0.3 is 14.8 Å². The van der Waals surface area contributed by atoms with E-state index in [0.29, 0.717) is 5.75 Å². The van der Waals surface area contributed by atoms with Gasteiger partial charge in [0.25, 0.3) is 0 Å². The zero-order valence-corrected chi connectivity index (χ0v) is 14.0. The summed E-state index contributed by atoms with van der Waals surface area (Å²) in [5, 5.41) is 2.98. The van der Waals surface area contributed by atoms with Gasteiger partial charge in [0.15, 0.2) is 0 Å².